The lowest BCUT2D eigenvalue weighted by Crippen LogP contribution is -2.44. The van der Waals surface area contributed by atoms with E-state index in [0.29, 0.717) is 6.67 Å². The zero-order chi connectivity index (χ0) is 13.9. The molecule has 1 unspecified atom stereocenters. The molecule has 5 nitrogen and oxygen atoms in total. The minimum Gasteiger partial charge on any atom is -0.376 e. The van der Waals surface area contributed by atoms with Crippen LogP contribution in [0.2, 0.25) is 0 Å². The molecule has 5 heteroatoms. The van der Waals surface area contributed by atoms with E-state index in [2.05, 4.69) is 16.9 Å². The highest BCUT2D eigenvalue weighted by Gasteiger charge is 2.19. The Morgan fingerprint density at radius 3 is 3.10 bits per heavy atom. The second kappa shape index (κ2) is 5.73. The van der Waals surface area contributed by atoms with Crippen LogP contribution in [0.25, 0.3) is 10.8 Å². The van der Waals surface area contributed by atoms with E-state index in [9.17, 15) is 4.79 Å². The van der Waals surface area contributed by atoms with Crippen LogP contribution in [-0.4, -0.2) is 40.5 Å². The zero-order valence-corrected chi connectivity index (χ0v) is 11.7. The topological polar surface area (TPSA) is 47.4 Å². The Kier molecular flexibility index (Phi) is 3.80. The molecule has 1 atom stereocenters. The largest absolute Gasteiger partial charge is 0.376 e. The molecule has 1 saturated heterocycles. The molecule has 20 heavy (non-hydrogen) atoms. The molecule has 0 spiro atoms. The van der Waals surface area contributed by atoms with E-state index in [0.717, 1.165) is 36.9 Å². The van der Waals surface area contributed by atoms with Gasteiger partial charge in [-0.3, -0.25) is 9.69 Å². The van der Waals surface area contributed by atoms with Crippen molar-refractivity contribution in [2.24, 2.45) is 0 Å². The van der Waals surface area contributed by atoms with Crippen molar-refractivity contribution in [3.8, 4) is 0 Å². The molecule has 0 radical (unpaired) electrons. The monoisotopic (exact) mass is 273 g/mol. The van der Waals surface area contributed by atoms with E-state index < -0.39 is 0 Å². The average molecular weight is 273 g/mol. The molecule has 0 bridgehead atoms. The van der Waals surface area contributed by atoms with Gasteiger partial charge in [-0.15, -0.1) is 0 Å². The van der Waals surface area contributed by atoms with Crippen molar-refractivity contribution in [1.29, 1.82) is 0 Å². The number of fused-ring (bicyclic) bond motifs is 1. The highest BCUT2D eigenvalue weighted by Crippen LogP contribution is 2.10. The third-order valence-corrected chi connectivity index (χ3v) is 3.77. The minimum atomic E-state index is -0.0253. The molecular weight excluding hydrogens is 254 g/mol. The number of aromatic nitrogens is 2. The highest BCUT2D eigenvalue weighted by molar-refractivity contribution is 5.80. The Morgan fingerprint density at radius 1 is 1.40 bits per heavy atom. The third-order valence-electron chi connectivity index (χ3n) is 3.77. The maximum absolute atomic E-state index is 12.4. The highest BCUT2D eigenvalue weighted by atomic mass is 16.5. The van der Waals surface area contributed by atoms with Crippen molar-refractivity contribution in [2.75, 3.05) is 19.7 Å². The van der Waals surface area contributed by atoms with Crippen molar-refractivity contribution < 1.29 is 4.74 Å². The number of hydrogen-bond donors (Lipinski definition) is 0. The fraction of sp³-hybridized carbons (Fsp3) is 0.467. The molecule has 1 aromatic carbocycles. The molecule has 1 aromatic heterocycles. The number of hydrogen-bond acceptors (Lipinski definition) is 4. The smallest absolute Gasteiger partial charge is 0.275 e. The number of ether oxygens (including phenoxy) is 1. The van der Waals surface area contributed by atoms with Crippen LogP contribution in [0.3, 0.4) is 0 Å². The van der Waals surface area contributed by atoms with Crippen LogP contribution in [0.15, 0.2) is 35.3 Å². The summed E-state index contributed by atoms with van der Waals surface area (Å²) in [5.74, 6) is 0. The Morgan fingerprint density at radius 2 is 2.25 bits per heavy atom. The zero-order valence-electron chi connectivity index (χ0n) is 11.7. The van der Waals surface area contributed by atoms with Gasteiger partial charge in [0.1, 0.15) is 0 Å². The van der Waals surface area contributed by atoms with Crippen molar-refractivity contribution in [3.05, 3.63) is 40.8 Å². The van der Waals surface area contributed by atoms with Gasteiger partial charge in [0.25, 0.3) is 5.56 Å². The molecule has 0 N–H and O–H groups in total. The summed E-state index contributed by atoms with van der Waals surface area (Å²) in [4.78, 5) is 14.6. The fourth-order valence-corrected chi connectivity index (χ4v) is 2.57. The first-order valence-electron chi connectivity index (χ1n) is 7.06. The van der Waals surface area contributed by atoms with Crippen molar-refractivity contribution in [3.63, 3.8) is 0 Å². The van der Waals surface area contributed by atoms with Gasteiger partial charge in [0.15, 0.2) is 0 Å². The summed E-state index contributed by atoms with van der Waals surface area (Å²) < 4.78 is 7.19. The lowest BCUT2D eigenvalue weighted by molar-refractivity contribution is -0.0415. The molecule has 1 aliphatic heterocycles. The summed E-state index contributed by atoms with van der Waals surface area (Å²) >= 11 is 0. The second-order valence-electron chi connectivity index (χ2n) is 5.16. The molecule has 2 heterocycles. The number of nitrogens with zero attached hydrogens (tertiary/aromatic N) is 3. The third kappa shape index (κ3) is 2.59. The van der Waals surface area contributed by atoms with Gasteiger partial charge in [-0.25, -0.2) is 4.68 Å². The van der Waals surface area contributed by atoms with Gasteiger partial charge in [-0.2, -0.15) is 5.10 Å². The minimum absolute atomic E-state index is 0.0253. The Balaban J connectivity index is 1.84. The van der Waals surface area contributed by atoms with Gasteiger partial charge in [-0.05, 0) is 12.5 Å². The van der Waals surface area contributed by atoms with Crippen LogP contribution in [-0.2, 0) is 11.4 Å². The fourth-order valence-electron chi connectivity index (χ4n) is 2.57. The summed E-state index contributed by atoms with van der Waals surface area (Å²) in [5.41, 5.74) is -0.0253. The van der Waals surface area contributed by atoms with E-state index >= 15 is 0 Å². The summed E-state index contributed by atoms with van der Waals surface area (Å²) in [6, 6.07) is 7.57. The molecule has 1 aliphatic rings. The van der Waals surface area contributed by atoms with Crippen LogP contribution < -0.4 is 5.56 Å². The van der Waals surface area contributed by atoms with Crippen LogP contribution in [0.5, 0.6) is 0 Å². The summed E-state index contributed by atoms with van der Waals surface area (Å²) in [6.45, 7) is 5.08. The van der Waals surface area contributed by atoms with E-state index in [1.807, 2.05) is 24.3 Å². The van der Waals surface area contributed by atoms with E-state index in [-0.39, 0.29) is 11.7 Å². The first kappa shape index (κ1) is 13.3. The van der Waals surface area contributed by atoms with E-state index in [4.69, 9.17) is 4.74 Å². The molecule has 2 aromatic rings. The van der Waals surface area contributed by atoms with Crippen molar-refractivity contribution in [2.45, 2.75) is 26.1 Å². The van der Waals surface area contributed by atoms with Gasteiger partial charge in [0, 0.05) is 18.5 Å². The maximum Gasteiger partial charge on any atom is 0.275 e. The van der Waals surface area contributed by atoms with Gasteiger partial charge < -0.3 is 4.74 Å². The van der Waals surface area contributed by atoms with Crippen LogP contribution >= 0.6 is 0 Å². The van der Waals surface area contributed by atoms with Crippen LogP contribution in [0, 0.1) is 0 Å². The van der Waals surface area contributed by atoms with Gasteiger partial charge in [-0.1, -0.05) is 25.1 Å². The maximum atomic E-state index is 12.4. The standard InChI is InChI=1S/C15H19N3O2/c1-2-13-10-17(7-8-20-13)11-18-15(19)14-6-4-3-5-12(14)9-16-18/h3-6,9,13H,2,7-8,10-11H2,1H3. The van der Waals surface area contributed by atoms with E-state index in [1.165, 1.54) is 0 Å². The number of benzene rings is 1. The SMILES string of the molecule is CCC1CN(Cn2ncc3ccccc3c2=O)CCO1. The molecular formula is C15H19N3O2. The number of morpholine rings is 1. The Labute approximate surface area is 117 Å². The second-order valence-corrected chi connectivity index (χ2v) is 5.16. The number of rotatable bonds is 3. The van der Waals surface area contributed by atoms with Gasteiger partial charge in [0.05, 0.1) is 31.0 Å². The molecule has 1 fully saturated rings. The first-order chi connectivity index (χ1) is 9.78. The average Bonchev–Trinajstić information content (AvgIpc) is 2.50. The molecule has 0 saturated carbocycles. The first-order valence-corrected chi connectivity index (χ1v) is 7.06. The lowest BCUT2D eigenvalue weighted by Gasteiger charge is -2.32. The van der Waals surface area contributed by atoms with Crippen LogP contribution in [0.1, 0.15) is 13.3 Å². The van der Waals surface area contributed by atoms with Gasteiger partial charge >= 0.3 is 0 Å². The quantitative estimate of drug-likeness (QED) is 0.849. The predicted molar refractivity (Wildman–Crippen MR) is 77.6 cm³/mol. The Hall–Kier alpha value is -1.72. The molecule has 106 valence electrons. The predicted octanol–water partition coefficient (Wildman–Crippen LogP) is 1.46. The van der Waals surface area contributed by atoms with Gasteiger partial charge in [0.2, 0.25) is 0 Å². The molecule has 3 rings (SSSR count). The summed E-state index contributed by atoms with van der Waals surface area (Å²) in [5, 5.41) is 5.89. The Bertz CT molecular complexity index is 653. The normalized spacial score (nSPS) is 20.4. The van der Waals surface area contributed by atoms with E-state index in [1.54, 1.807) is 10.9 Å². The molecule has 0 amide bonds. The molecule has 0 aliphatic carbocycles. The van der Waals surface area contributed by atoms with Crippen LogP contribution in [0.4, 0.5) is 0 Å². The summed E-state index contributed by atoms with van der Waals surface area (Å²) in [6.07, 6.45) is 3.02. The summed E-state index contributed by atoms with van der Waals surface area (Å²) in [7, 11) is 0. The van der Waals surface area contributed by atoms with Crippen molar-refractivity contribution in [1.82, 2.24) is 14.7 Å². The lowest BCUT2D eigenvalue weighted by atomic mass is 10.2. The van der Waals surface area contributed by atoms with Crippen molar-refractivity contribution >= 4 is 10.8 Å².